The van der Waals surface area contributed by atoms with E-state index in [1.165, 1.54) is 21.3 Å². The Hall–Kier alpha value is -2.73. The maximum Gasteiger partial charge on any atom is 0.277 e. The molecule has 1 aromatic carbocycles. The lowest BCUT2D eigenvalue weighted by atomic mass is 10.1. The summed E-state index contributed by atoms with van der Waals surface area (Å²) in [6.07, 6.45) is 2.47. The van der Waals surface area contributed by atoms with Gasteiger partial charge in [0, 0.05) is 40.5 Å². The van der Waals surface area contributed by atoms with E-state index in [0.29, 0.717) is 27.2 Å². The molecule has 4 aromatic rings. The van der Waals surface area contributed by atoms with Crippen molar-refractivity contribution in [2.75, 3.05) is 0 Å². The first-order valence-corrected chi connectivity index (χ1v) is 9.77. The number of aromatic nitrogens is 3. The minimum atomic E-state index is -0.286. The van der Waals surface area contributed by atoms with Crippen molar-refractivity contribution in [2.24, 2.45) is 7.05 Å². The summed E-state index contributed by atoms with van der Waals surface area (Å²) < 4.78 is 3.88. The maximum atomic E-state index is 12.9. The van der Waals surface area contributed by atoms with Gasteiger partial charge in [-0.3, -0.25) is 9.59 Å². The second kappa shape index (κ2) is 6.16. The molecule has 0 unspecified atom stereocenters. The molecule has 0 N–H and O–H groups in total. The van der Waals surface area contributed by atoms with Gasteiger partial charge in [0.05, 0.1) is 4.53 Å². The van der Waals surface area contributed by atoms with Gasteiger partial charge in [0.15, 0.2) is 0 Å². The number of nitrogens with zero attached hydrogens (tertiary/aromatic N) is 3. The van der Waals surface area contributed by atoms with Crippen molar-refractivity contribution in [3.05, 3.63) is 71.5 Å². The highest BCUT2D eigenvalue weighted by molar-refractivity contribution is 7.15. The van der Waals surface area contributed by atoms with Crippen molar-refractivity contribution in [2.45, 2.75) is 34.1 Å². The van der Waals surface area contributed by atoms with Crippen molar-refractivity contribution < 1.29 is 0 Å². The van der Waals surface area contributed by atoms with E-state index in [9.17, 15) is 9.59 Å². The van der Waals surface area contributed by atoms with Crippen LogP contribution in [0.5, 0.6) is 0 Å². The largest absolute Gasteiger partial charge is 0.347 e. The van der Waals surface area contributed by atoms with Gasteiger partial charge in [0.2, 0.25) is 4.96 Å². The van der Waals surface area contributed by atoms with Crippen LogP contribution in [-0.4, -0.2) is 14.0 Å². The van der Waals surface area contributed by atoms with Crippen LogP contribution in [0.25, 0.3) is 21.9 Å². The van der Waals surface area contributed by atoms with Crippen LogP contribution in [0, 0.1) is 20.8 Å². The summed E-state index contributed by atoms with van der Waals surface area (Å²) >= 11 is 1.27. The van der Waals surface area contributed by atoms with Crippen LogP contribution in [0.2, 0.25) is 0 Å². The van der Waals surface area contributed by atoms with Gasteiger partial charge in [-0.15, -0.1) is 0 Å². The van der Waals surface area contributed by atoms with E-state index >= 15 is 0 Å². The van der Waals surface area contributed by atoms with E-state index in [-0.39, 0.29) is 11.1 Å². The van der Waals surface area contributed by atoms with Crippen molar-refractivity contribution in [3.8, 4) is 0 Å². The predicted molar refractivity (Wildman–Crippen MR) is 111 cm³/mol. The average molecular weight is 379 g/mol. The number of benzene rings is 1. The maximum absolute atomic E-state index is 12.9. The van der Waals surface area contributed by atoms with Gasteiger partial charge in [-0.05, 0) is 45.4 Å². The molecule has 4 rings (SSSR count). The molecule has 0 bridgehead atoms. The predicted octanol–water partition coefficient (Wildman–Crippen LogP) is 2.64. The first kappa shape index (κ1) is 17.7. The zero-order valence-corrected chi connectivity index (χ0v) is 16.9. The quantitative estimate of drug-likeness (QED) is 0.538. The molecule has 5 nitrogen and oxygen atoms in total. The fourth-order valence-corrected chi connectivity index (χ4v) is 4.65. The molecule has 0 aliphatic carbocycles. The number of aryl methyl sites for hydroxylation is 3. The molecule has 6 heteroatoms. The summed E-state index contributed by atoms with van der Waals surface area (Å²) in [5, 5.41) is 1.11. The standard InChI is InChI=1S/C21H21N3O2S/c1-6-14-12(3)22-21-24(19(14)25)20(26)18(27-21)10-15-13(4)23(5)17-8-7-11(2)9-16(15)17/h7-10H,6H2,1-5H3/b18-10-. The number of thiazole rings is 1. The Kier molecular flexibility index (Phi) is 4.03. The molecule has 138 valence electrons. The highest BCUT2D eigenvalue weighted by atomic mass is 32.1. The molecule has 0 spiro atoms. The monoisotopic (exact) mass is 379 g/mol. The Balaban J connectivity index is 2.10. The minimum absolute atomic E-state index is 0.244. The highest BCUT2D eigenvalue weighted by Gasteiger charge is 2.15. The van der Waals surface area contributed by atoms with Crippen LogP contribution in [-0.2, 0) is 13.5 Å². The van der Waals surface area contributed by atoms with E-state index in [0.717, 1.165) is 22.2 Å². The van der Waals surface area contributed by atoms with Crippen LogP contribution in [0.15, 0.2) is 27.8 Å². The Bertz CT molecular complexity index is 1390. The van der Waals surface area contributed by atoms with Gasteiger partial charge >= 0.3 is 0 Å². The van der Waals surface area contributed by atoms with Crippen molar-refractivity contribution in [1.29, 1.82) is 0 Å². The molecule has 0 fully saturated rings. The Labute approximate surface area is 160 Å². The molecule has 0 amide bonds. The highest BCUT2D eigenvalue weighted by Crippen LogP contribution is 2.26. The van der Waals surface area contributed by atoms with Gasteiger partial charge in [0.25, 0.3) is 11.1 Å². The molecule has 3 aromatic heterocycles. The van der Waals surface area contributed by atoms with Crippen molar-refractivity contribution in [3.63, 3.8) is 0 Å². The van der Waals surface area contributed by atoms with Crippen molar-refractivity contribution in [1.82, 2.24) is 14.0 Å². The Morgan fingerprint density at radius 2 is 1.89 bits per heavy atom. The molecule has 0 aliphatic rings. The SMILES string of the molecule is CCc1c(C)nc2s/c(=C\c3c(C)n(C)c4ccc(C)cc34)c(=O)n2c1=O. The summed E-state index contributed by atoms with van der Waals surface area (Å²) in [5.74, 6) is 0. The van der Waals surface area contributed by atoms with E-state index in [4.69, 9.17) is 0 Å². The topological polar surface area (TPSA) is 56.4 Å². The molecule has 0 saturated heterocycles. The lowest BCUT2D eigenvalue weighted by molar-refractivity contribution is 0.915. The van der Waals surface area contributed by atoms with E-state index in [1.54, 1.807) is 0 Å². The molecule has 0 radical (unpaired) electrons. The fourth-order valence-electron chi connectivity index (χ4n) is 3.66. The van der Waals surface area contributed by atoms with Gasteiger partial charge in [-0.2, -0.15) is 0 Å². The molecule has 0 atom stereocenters. The zero-order chi connectivity index (χ0) is 19.5. The summed E-state index contributed by atoms with van der Waals surface area (Å²) in [6.45, 7) is 7.83. The first-order chi connectivity index (χ1) is 12.8. The molecular formula is C21H21N3O2S. The molecule has 0 saturated carbocycles. The first-order valence-electron chi connectivity index (χ1n) is 8.96. The number of fused-ring (bicyclic) bond motifs is 2. The van der Waals surface area contributed by atoms with Crippen LogP contribution >= 0.6 is 11.3 Å². The van der Waals surface area contributed by atoms with Gasteiger partial charge < -0.3 is 4.57 Å². The Morgan fingerprint density at radius 1 is 1.15 bits per heavy atom. The zero-order valence-electron chi connectivity index (χ0n) is 16.1. The fraction of sp³-hybridized carbons (Fsp3) is 0.286. The van der Waals surface area contributed by atoms with Crippen LogP contribution in [0.1, 0.15) is 35.0 Å². The third-order valence-corrected chi connectivity index (χ3v) is 6.26. The lowest BCUT2D eigenvalue weighted by Gasteiger charge is -2.00. The van der Waals surface area contributed by atoms with Crippen LogP contribution < -0.4 is 15.7 Å². The van der Waals surface area contributed by atoms with E-state index < -0.39 is 0 Å². The second-order valence-corrected chi connectivity index (χ2v) is 7.96. The van der Waals surface area contributed by atoms with Gasteiger partial charge in [-0.25, -0.2) is 9.38 Å². The smallest absolute Gasteiger partial charge is 0.277 e. The number of rotatable bonds is 2. The third-order valence-electron chi connectivity index (χ3n) is 5.29. The molecule has 0 aliphatic heterocycles. The Morgan fingerprint density at radius 3 is 2.59 bits per heavy atom. The molecular weight excluding hydrogens is 358 g/mol. The molecule has 27 heavy (non-hydrogen) atoms. The van der Waals surface area contributed by atoms with Crippen LogP contribution in [0.4, 0.5) is 0 Å². The lowest BCUT2D eigenvalue weighted by Crippen LogP contribution is -2.33. The number of hydrogen-bond donors (Lipinski definition) is 0. The average Bonchev–Trinajstić information content (AvgIpc) is 3.05. The van der Waals surface area contributed by atoms with E-state index in [2.05, 4.69) is 34.7 Å². The normalized spacial score (nSPS) is 12.6. The second-order valence-electron chi connectivity index (χ2n) is 6.95. The minimum Gasteiger partial charge on any atom is -0.347 e. The summed E-state index contributed by atoms with van der Waals surface area (Å²) in [5.41, 5.74) is 5.16. The van der Waals surface area contributed by atoms with Crippen LogP contribution in [0.3, 0.4) is 0 Å². The number of hydrogen-bond acceptors (Lipinski definition) is 4. The summed E-state index contributed by atoms with van der Waals surface area (Å²) in [6, 6.07) is 6.32. The van der Waals surface area contributed by atoms with Crippen molar-refractivity contribution >= 4 is 33.3 Å². The van der Waals surface area contributed by atoms with Gasteiger partial charge in [0.1, 0.15) is 0 Å². The van der Waals surface area contributed by atoms with Gasteiger partial charge in [-0.1, -0.05) is 29.9 Å². The third kappa shape index (κ3) is 2.55. The van der Waals surface area contributed by atoms with E-state index in [1.807, 2.05) is 33.9 Å². The molecule has 3 heterocycles. The summed E-state index contributed by atoms with van der Waals surface area (Å²) in [4.78, 5) is 30.6. The summed E-state index contributed by atoms with van der Waals surface area (Å²) in [7, 11) is 2.02.